The summed E-state index contributed by atoms with van der Waals surface area (Å²) < 4.78 is 0. The van der Waals surface area contributed by atoms with Crippen LogP contribution in [-0.4, -0.2) is 16.7 Å². The molecular weight excluding hydrogens is 203 g/mol. The lowest BCUT2D eigenvalue weighted by Crippen LogP contribution is -2.29. The Kier molecular flexibility index (Phi) is 2.68. The van der Waals surface area contributed by atoms with Crippen LogP contribution in [0.3, 0.4) is 0 Å². The second kappa shape index (κ2) is 3.72. The van der Waals surface area contributed by atoms with E-state index in [9.17, 15) is 4.79 Å². The molecule has 0 saturated heterocycles. The summed E-state index contributed by atoms with van der Waals surface area (Å²) in [7, 11) is 1.22. The Morgan fingerprint density at radius 3 is 2.73 bits per heavy atom. The zero-order valence-electron chi connectivity index (χ0n) is 9.53. The number of allylic oxidation sites excluding steroid dienone is 4. The van der Waals surface area contributed by atoms with Crippen LogP contribution in [0, 0.1) is 11.3 Å². The third kappa shape index (κ3) is 1.86. The molecule has 0 fully saturated rings. The molecule has 0 unspecified atom stereocenters. The average molecular weight is 220 g/mol. The highest BCUT2D eigenvalue weighted by molar-refractivity contribution is 7.43. The van der Waals surface area contributed by atoms with E-state index in [0.717, 1.165) is 6.42 Å². The van der Waals surface area contributed by atoms with Gasteiger partial charge in [0, 0.05) is 5.92 Å². The number of carbonyl (C=O) groups is 1. The molecule has 0 aromatic heterocycles. The van der Waals surface area contributed by atoms with Crippen molar-refractivity contribution in [2.24, 2.45) is 11.3 Å². The van der Waals surface area contributed by atoms with Crippen LogP contribution in [0.1, 0.15) is 27.2 Å². The van der Waals surface area contributed by atoms with Crippen molar-refractivity contribution in [2.75, 3.05) is 0 Å². The van der Waals surface area contributed by atoms with E-state index >= 15 is 0 Å². The van der Waals surface area contributed by atoms with Crippen molar-refractivity contribution in [3.05, 3.63) is 24.3 Å². The molecule has 0 saturated carbocycles. The van der Waals surface area contributed by atoms with E-state index in [1.165, 1.54) is 13.5 Å². The molecule has 2 heterocycles. The minimum absolute atomic E-state index is 0.0841. The molecule has 1 aliphatic carbocycles. The SMILES string of the molecule is CCC(C)(C)C1=P[C@@H]2C=C[C@H]1C=CC2=O. The first-order valence-corrected chi connectivity index (χ1v) is 6.49. The van der Waals surface area contributed by atoms with Crippen molar-refractivity contribution in [3.63, 3.8) is 0 Å². The lowest BCUT2D eigenvalue weighted by Gasteiger charge is -2.31. The normalized spacial score (nSPS) is 30.3. The lowest BCUT2D eigenvalue weighted by molar-refractivity contribution is -0.113. The fourth-order valence-electron chi connectivity index (χ4n) is 2.01. The maximum Gasteiger partial charge on any atom is 0.170 e. The molecule has 0 aromatic carbocycles. The molecule has 0 radical (unpaired) electrons. The van der Waals surface area contributed by atoms with Gasteiger partial charge >= 0.3 is 0 Å². The van der Waals surface area contributed by atoms with Crippen LogP contribution in [0.5, 0.6) is 0 Å². The third-order valence-corrected chi connectivity index (χ3v) is 5.32. The van der Waals surface area contributed by atoms with E-state index in [1.54, 1.807) is 6.08 Å². The van der Waals surface area contributed by atoms with Gasteiger partial charge in [0.1, 0.15) is 0 Å². The Morgan fingerprint density at radius 2 is 2.07 bits per heavy atom. The summed E-state index contributed by atoms with van der Waals surface area (Å²) in [5.74, 6) is 0.640. The average Bonchev–Trinajstić information content (AvgIpc) is 2.50. The quantitative estimate of drug-likeness (QED) is 0.515. The van der Waals surface area contributed by atoms with Gasteiger partial charge in [-0.1, -0.05) is 47.2 Å². The lowest BCUT2D eigenvalue weighted by atomic mass is 9.80. The molecule has 0 aromatic rings. The van der Waals surface area contributed by atoms with Crippen molar-refractivity contribution in [1.29, 1.82) is 0 Å². The number of fused-ring (bicyclic) bond motifs is 1. The van der Waals surface area contributed by atoms with Gasteiger partial charge in [-0.2, -0.15) is 0 Å². The smallest absolute Gasteiger partial charge is 0.170 e. The van der Waals surface area contributed by atoms with Crippen molar-refractivity contribution in [2.45, 2.75) is 32.9 Å². The number of rotatable bonds is 2. The van der Waals surface area contributed by atoms with Crippen LogP contribution in [-0.2, 0) is 4.79 Å². The standard InChI is InChI=1S/C13H17OP/c1-4-13(2,3)12-9-5-7-10(14)11(15-12)8-6-9/h5-9,11H,4H2,1-3H3/t9-,11-/m1/s1. The molecule has 1 nitrogen and oxygen atoms in total. The Labute approximate surface area is 93.1 Å². The highest BCUT2D eigenvalue weighted by atomic mass is 31.1. The summed E-state index contributed by atoms with van der Waals surface area (Å²) in [4.78, 5) is 11.7. The van der Waals surface area contributed by atoms with Crippen LogP contribution in [0.2, 0.25) is 0 Å². The Balaban J connectivity index is 2.41. The Bertz CT molecular complexity index is 374. The fourth-order valence-corrected chi connectivity index (χ4v) is 3.56. The molecule has 15 heavy (non-hydrogen) atoms. The van der Waals surface area contributed by atoms with E-state index in [1.807, 2.05) is 0 Å². The number of hydrogen-bond acceptors (Lipinski definition) is 1. The first-order valence-electron chi connectivity index (χ1n) is 5.53. The van der Waals surface area contributed by atoms with E-state index in [2.05, 4.69) is 39.0 Å². The zero-order chi connectivity index (χ0) is 11.1. The summed E-state index contributed by atoms with van der Waals surface area (Å²) in [5, 5.41) is 1.50. The Morgan fingerprint density at radius 1 is 1.33 bits per heavy atom. The molecule has 2 bridgehead atoms. The number of ketones is 1. The van der Waals surface area contributed by atoms with Gasteiger partial charge in [0.05, 0.1) is 5.66 Å². The van der Waals surface area contributed by atoms with Crippen LogP contribution in [0.4, 0.5) is 0 Å². The van der Waals surface area contributed by atoms with E-state index in [-0.39, 0.29) is 16.9 Å². The summed E-state index contributed by atoms with van der Waals surface area (Å²) in [6.07, 6.45) is 9.22. The maximum absolute atomic E-state index is 11.7. The van der Waals surface area contributed by atoms with Crippen molar-refractivity contribution < 1.29 is 4.79 Å². The summed E-state index contributed by atoms with van der Waals surface area (Å²) >= 11 is 0. The molecule has 3 aliphatic rings. The fraction of sp³-hybridized carbons (Fsp3) is 0.538. The molecule has 2 atom stereocenters. The second-order valence-electron chi connectivity index (χ2n) is 4.87. The number of carbonyl (C=O) groups excluding carboxylic acids is 1. The van der Waals surface area contributed by atoms with E-state index < -0.39 is 0 Å². The molecule has 80 valence electrons. The molecule has 0 N–H and O–H groups in total. The van der Waals surface area contributed by atoms with Gasteiger partial charge in [-0.05, 0) is 23.2 Å². The summed E-state index contributed by atoms with van der Waals surface area (Å²) in [6.45, 7) is 6.78. The van der Waals surface area contributed by atoms with Crippen molar-refractivity contribution in [3.8, 4) is 0 Å². The van der Waals surface area contributed by atoms with Gasteiger partial charge in [0.25, 0.3) is 0 Å². The topological polar surface area (TPSA) is 17.1 Å². The molecule has 2 aliphatic heterocycles. The van der Waals surface area contributed by atoms with Crippen LogP contribution >= 0.6 is 8.20 Å². The molecule has 0 spiro atoms. The van der Waals surface area contributed by atoms with Crippen molar-refractivity contribution >= 4 is 19.3 Å². The zero-order valence-corrected chi connectivity index (χ0v) is 10.4. The maximum atomic E-state index is 11.7. The van der Waals surface area contributed by atoms with Gasteiger partial charge in [0.15, 0.2) is 5.78 Å². The molecule has 2 heteroatoms. The van der Waals surface area contributed by atoms with Crippen LogP contribution in [0.25, 0.3) is 0 Å². The predicted molar refractivity (Wildman–Crippen MR) is 66.6 cm³/mol. The van der Waals surface area contributed by atoms with Crippen molar-refractivity contribution in [1.82, 2.24) is 0 Å². The minimum atomic E-state index is 0.0841. The van der Waals surface area contributed by atoms with Gasteiger partial charge in [0.2, 0.25) is 0 Å². The van der Waals surface area contributed by atoms with E-state index in [0.29, 0.717) is 5.92 Å². The third-order valence-electron chi connectivity index (χ3n) is 3.43. The highest BCUT2D eigenvalue weighted by Crippen LogP contribution is 2.38. The van der Waals surface area contributed by atoms with Crippen LogP contribution < -0.4 is 0 Å². The first kappa shape index (κ1) is 10.8. The molecular formula is C13H17OP. The minimum Gasteiger partial charge on any atom is -0.293 e. The summed E-state index contributed by atoms with van der Waals surface area (Å²) in [6, 6.07) is 0. The van der Waals surface area contributed by atoms with Gasteiger partial charge < -0.3 is 0 Å². The van der Waals surface area contributed by atoms with Crippen LogP contribution in [0.15, 0.2) is 24.3 Å². The molecule has 3 rings (SSSR count). The van der Waals surface area contributed by atoms with E-state index in [4.69, 9.17) is 0 Å². The summed E-state index contributed by atoms with van der Waals surface area (Å²) in [5.41, 5.74) is 0.324. The van der Waals surface area contributed by atoms with Gasteiger partial charge in [-0.15, -0.1) is 0 Å². The second-order valence-corrected chi connectivity index (χ2v) is 6.17. The van der Waals surface area contributed by atoms with Gasteiger partial charge in [-0.25, -0.2) is 0 Å². The Hall–Kier alpha value is -0.680. The largest absolute Gasteiger partial charge is 0.293 e. The monoisotopic (exact) mass is 220 g/mol. The predicted octanol–water partition coefficient (Wildman–Crippen LogP) is 3.23. The number of hydrogen-bond donors (Lipinski definition) is 0. The highest BCUT2D eigenvalue weighted by Gasteiger charge is 2.32. The van der Waals surface area contributed by atoms with Gasteiger partial charge in [-0.3, -0.25) is 4.79 Å². The first-order chi connectivity index (χ1) is 7.04. The molecule has 0 amide bonds.